The minimum Gasteiger partial charge on any atom is -0.355 e. The van der Waals surface area contributed by atoms with Crippen LogP contribution in [0.5, 0.6) is 0 Å². The lowest BCUT2D eigenvalue weighted by molar-refractivity contribution is -0.126. The summed E-state index contributed by atoms with van der Waals surface area (Å²) in [5, 5.41) is 8.81. The lowest BCUT2D eigenvalue weighted by Gasteiger charge is -2.22. The predicted molar refractivity (Wildman–Crippen MR) is 71.1 cm³/mol. The minimum absolute atomic E-state index is 0.0517. The normalized spacial score (nSPS) is 19.3. The first kappa shape index (κ1) is 15.0. The third-order valence-corrected chi connectivity index (χ3v) is 3.20. The van der Waals surface area contributed by atoms with E-state index in [4.69, 9.17) is 0 Å². The van der Waals surface area contributed by atoms with E-state index in [-0.39, 0.29) is 18.4 Å². The number of hydrogen-bond acceptors (Lipinski definition) is 3. The molecule has 1 fully saturated rings. The first-order valence-electron chi connectivity index (χ1n) is 6.96. The van der Waals surface area contributed by atoms with Crippen LogP contribution >= 0.6 is 0 Å². The van der Waals surface area contributed by atoms with E-state index in [1.165, 1.54) is 12.8 Å². The maximum absolute atomic E-state index is 11.5. The van der Waals surface area contributed by atoms with Gasteiger partial charge >= 0.3 is 0 Å². The molecule has 0 aliphatic carbocycles. The molecule has 1 atom stereocenters. The van der Waals surface area contributed by atoms with E-state index in [9.17, 15) is 9.59 Å². The van der Waals surface area contributed by atoms with E-state index in [1.54, 1.807) is 0 Å². The van der Waals surface area contributed by atoms with Crippen molar-refractivity contribution in [1.29, 1.82) is 0 Å². The molecule has 3 N–H and O–H groups in total. The lowest BCUT2D eigenvalue weighted by atomic mass is 9.96. The Kier molecular flexibility index (Phi) is 7.41. The highest BCUT2D eigenvalue weighted by Gasteiger charge is 2.12. The maximum Gasteiger partial charge on any atom is 0.239 e. The van der Waals surface area contributed by atoms with Gasteiger partial charge in [0.15, 0.2) is 0 Å². The number of nitrogens with one attached hydrogen (secondary N) is 3. The Hall–Kier alpha value is -1.10. The molecule has 1 saturated heterocycles. The second kappa shape index (κ2) is 8.91. The van der Waals surface area contributed by atoms with E-state index in [1.807, 2.05) is 6.92 Å². The number of amides is 2. The molecular weight excluding hydrogens is 230 g/mol. The van der Waals surface area contributed by atoms with Crippen molar-refractivity contribution in [2.75, 3.05) is 26.2 Å². The van der Waals surface area contributed by atoms with Crippen molar-refractivity contribution in [2.24, 2.45) is 5.92 Å². The molecule has 5 heteroatoms. The molecule has 104 valence electrons. The molecule has 1 heterocycles. The van der Waals surface area contributed by atoms with Crippen LogP contribution in [0.2, 0.25) is 0 Å². The van der Waals surface area contributed by atoms with Gasteiger partial charge in [-0.2, -0.15) is 0 Å². The zero-order valence-electron chi connectivity index (χ0n) is 11.3. The van der Waals surface area contributed by atoms with Crippen molar-refractivity contribution in [3.05, 3.63) is 0 Å². The van der Waals surface area contributed by atoms with Gasteiger partial charge in [0.05, 0.1) is 6.54 Å². The summed E-state index contributed by atoms with van der Waals surface area (Å²) in [4.78, 5) is 22.6. The summed E-state index contributed by atoms with van der Waals surface area (Å²) in [7, 11) is 0. The maximum atomic E-state index is 11.5. The summed E-state index contributed by atoms with van der Waals surface area (Å²) >= 11 is 0. The van der Waals surface area contributed by atoms with Crippen molar-refractivity contribution in [3.63, 3.8) is 0 Å². The number of carbonyl (C=O) groups excluding carboxylic acids is 2. The van der Waals surface area contributed by atoms with E-state index in [0.717, 1.165) is 25.9 Å². The van der Waals surface area contributed by atoms with Crippen molar-refractivity contribution in [2.45, 2.75) is 39.0 Å². The number of piperidine rings is 1. The first-order chi connectivity index (χ1) is 8.72. The second-order valence-electron chi connectivity index (χ2n) is 4.88. The highest BCUT2D eigenvalue weighted by Crippen LogP contribution is 2.12. The fourth-order valence-electron chi connectivity index (χ4n) is 2.14. The molecule has 0 bridgehead atoms. The van der Waals surface area contributed by atoms with Gasteiger partial charge in [0, 0.05) is 13.0 Å². The quantitative estimate of drug-likeness (QED) is 0.617. The van der Waals surface area contributed by atoms with Crippen LogP contribution in [0.4, 0.5) is 0 Å². The third kappa shape index (κ3) is 6.59. The summed E-state index contributed by atoms with van der Waals surface area (Å²) in [6, 6.07) is 0. The van der Waals surface area contributed by atoms with Gasteiger partial charge in [-0.05, 0) is 44.7 Å². The minimum atomic E-state index is -0.0942. The molecule has 0 aromatic rings. The van der Waals surface area contributed by atoms with Crippen LogP contribution in [0.15, 0.2) is 0 Å². The van der Waals surface area contributed by atoms with Gasteiger partial charge in [-0.3, -0.25) is 9.59 Å². The molecule has 0 aromatic heterocycles. The van der Waals surface area contributed by atoms with Gasteiger partial charge in [-0.1, -0.05) is 6.92 Å². The molecule has 1 unspecified atom stereocenters. The molecule has 0 radical (unpaired) electrons. The molecule has 1 aliphatic rings. The highest BCUT2D eigenvalue weighted by atomic mass is 16.2. The van der Waals surface area contributed by atoms with E-state index in [0.29, 0.717) is 18.9 Å². The summed E-state index contributed by atoms with van der Waals surface area (Å²) in [5.74, 6) is 0.529. The van der Waals surface area contributed by atoms with Crippen LogP contribution in [0.25, 0.3) is 0 Å². The molecule has 0 saturated carbocycles. The van der Waals surface area contributed by atoms with Gasteiger partial charge in [0.2, 0.25) is 11.8 Å². The van der Waals surface area contributed by atoms with Crippen molar-refractivity contribution in [1.82, 2.24) is 16.0 Å². The Balaban J connectivity index is 2.00. The number of hydrogen-bond donors (Lipinski definition) is 3. The smallest absolute Gasteiger partial charge is 0.239 e. The SMILES string of the molecule is CCCC(=O)NCC(=O)NCCC1CCCNC1. The van der Waals surface area contributed by atoms with E-state index >= 15 is 0 Å². The van der Waals surface area contributed by atoms with Crippen LogP contribution in [0, 0.1) is 5.92 Å². The third-order valence-electron chi connectivity index (χ3n) is 3.20. The van der Waals surface area contributed by atoms with Crippen molar-refractivity contribution >= 4 is 11.8 Å². The van der Waals surface area contributed by atoms with Gasteiger partial charge < -0.3 is 16.0 Å². The fraction of sp³-hybridized carbons (Fsp3) is 0.846. The average Bonchev–Trinajstić information content (AvgIpc) is 2.38. The topological polar surface area (TPSA) is 70.2 Å². The zero-order chi connectivity index (χ0) is 13.2. The highest BCUT2D eigenvalue weighted by molar-refractivity contribution is 5.84. The Morgan fingerprint density at radius 2 is 2.11 bits per heavy atom. The second-order valence-corrected chi connectivity index (χ2v) is 4.88. The molecule has 18 heavy (non-hydrogen) atoms. The number of rotatable bonds is 7. The Labute approximate surface area is 109 Å². The van der Waals surface area contributed by atoms with Crippen LogP contribution in [-0.4, -0.2) is 38.0 Å². The number of carbonyl (C=O) groups is 2. The van der Waals surface area contributed by atoms with Crippen molar-refractivity contribution < 1.29 is 9.59 Å². The first-order valence-corrected chi connectivity index (χ1v) is 6.96. The van der Waals surface area contributed by atoms with Gasteiger partial charge in [0.1, 0.15) is 0 Å². The van der Waals surface area contributed by atoms with Crippen LogP contribution in [-0.2, 0) is 9.59 Å². The van der Waals surface area contributed by atoms with E-state index < -0.39 is 0 Å². The summed E-state index contributed by atoms with van der Waals surface area (Å²) in [5.41, 5.74) is 0. The molecule has 5 nitrogen and oxygen atoms in total. The molecular formula is C13H25N3O2. The summed E-state index contributed by atoms with van der Waals surface area (Å²) in [6.45, 7) is 4.92. The Bertz CT molecular complexity index is 263. The van der Waals surface area contributed by atoms with Crippen LogP contribution < -0.4 is 16.0 Å². The Morgan fingerprint density at radius 1 is 1.28 bits per heavy atom. The van der Waals surface area contributed by atoms with Gasteiger partial charge in [-0.25, -0.2) is 0 Å². The van der Waals surface area contributed by atoms with E-state index in [2.05, 4.69) is 16.0 Å². The zero-order valence-corrected chi connectivity index (χ0v) is 11.3. The van der Waals surface area contributed by atoms with Crippen molar-refractivity contribution in [3.8, 4) is 0 Å². The monoisotopic (exact) mass is 255 g/mol. The molecule has 0 spiro atoms. The summed E-state index contributed by atoms with van der Waals surface area (Å²) in [6.07, 6.45) is 4.78. The fourth-order valence-corrected chi connectivity index (χ4v) is 2.14. The average molecular weight is 255 g/mol. The molecule has 2 amide bonds. The van der Waals surface area contributed by atoms with Gasteiger partial charge in [-0.15, -0.1) is 0 Å². The standard InChI is InChI=1S/C13H25N3O2/c1-2-4-12(17)16-10-13(18)15-8-6-11-5-3-7-14-9-11/h11,14H,2-10H2,1H3,(H,15,18)(H,16,17). The molecule has 0 aromatic carbocycles. The molecule has 1 aliphatic heterocycles. The Morgan fingerprint density at radius 3 is 2.78 bits per heavy atom. The van der Waals surface area contributed by atoms with Gasteiger partial charge in [0.25, 0.3) is 0 Å². The predicted octanol–water partition coefficient (Wildman–Crippen LogP) is 0.409. The van der Waals surface area contributed by atoms with Crippen LogP contribution in [0.3, 0.4) is 0 Å². The lowest BCUT2D eigenvalue weighted by Crippen LogP contribution is -2.38. The summed E-state index contributed by atoms with van der Waals surface area (Å²) < 4.78 is 0. The molecule has 1 rings (SSSR count). The largest absolute Gasteiger partial charge is 0.355 e. The van der Waals surface area contributed by atoms with Crippen LogP contribution in [0.1, 0.15) is 39.0 Å².